The average molecular weight is 518 g/mol. The Balaban J connectivity index is 1.29. The number of rotatable bonds is 9. The topological polar surface area (TPSA) is 81.8 Å². The third-order valence-corrected chi connectivity index (χ3v) is 8.53. The lowest BCUT2D eigenvalue weighted by Crippen LogP contribution is -2.47. The first-order valence-electron chi connectivity index (χ1n) is 11.3. The van der Waals surface area contributed by atoms with Crippen molar-refractivity contribution < 1.29 is 18.7 Å². The fourth-order valence-corrected chi connectivity index (χ4v) is 6.42. The molecular formula is C26H29ClNO4PS. The summed E-state index contributed by atoms with van der Waals surface area (Å²) in [6.45, 7) is 0.656. The first-order valence-corrected chi connectivity index (χ1v) is 14.2. The maximum atomic E-state index is 11.6. The zero-order valence-corrected chi connectivity index (χ0v) is 21.3. The van der Waals surface area contributed by atoms with Crippen LogP contribution in [0, 0.1) is 0 Å². The van der Waals surface area contributed by atoms with Gasteiger partial charge in [0.25, 0.3) is 0 Å². The van der Waals surface area contributed by atoms with E-state index in [2.05, 4.69) is 18.2 Å². The summed E-state index contributed by atoms with van der Waals surface area (Å²) in [5.41, 5.74) is 8.01. The largest absolute Gasteiger partial charge is 0.489 e. The van der Waals surface area contributed by atoms with Crippen molar-refractivity contribution in [3.63, 3.8) is 0 Å². The van der Waals surface area contributed by atoms with Gasteiger partial charge in [-0.05, 0) is 67.1 Å². The molecule has 8 heteroatoms. The van der Waals surface area contributed by atoms with E-state index in [1.807, 2.05) is 54.6 Å². The Morgan fingerprint density at radius 3 is 2.62 bits per heavy atom. The Morgan fingerprint density at radius 1 is 1.09 bits per heavy atom. The molecule has 34 heavy (non-hydrogen) atoms. The smallest absolute Gasteiger partial charge is 0.328 e. The van der Waals surface area contributed by atoms with Crippen molar-refractivity contribution in [3.8, 4) is 5.75 Å². The summed E-state index contributed by atoms with van der Waals surface area (Å²) in [7, 11) is -3.43. The molecule has 2 atom stereocenters. The molecule has 3 aromatic carbocycles. The molecule has 1 heterocycles. The monoisotopic (exact) mass is 517 g/mol. The maximum absolute atomic E-state index is 11.6. The van der Waals surface area contributed by atoms with Crippen LogP contribution in [-0.2, 0) is 22.1 Å². The van der Waals surface area contributed by atoms with E-state index in [1.165, 1.54) is 0 Å². The van der Waals surface area contributed by atoms with E-state index in [0.29, 0.717) is 13.0 Å². The van der Waals surface area contributed by atoms with Crippen molar-refractivity contribution in [1.82, 2.24) is 0 Å². The number of nitrogens with two attached hydrogens (primary N) is 1. The number of halogens is 1. The molecule has 0 aromatic heterocycles. The summed E-state index contributed by atoms with van der Waals surface area (Å²) in [5.74, 6) is 0.830. The molecule has 1 fully saturated rings. The van der Waals surface area contributed by atoms with Gasteiger partial charge in [-0.3, -0.25) is 4.57 Å². The van der Waals surface area contributed by atoms with Crippen LogP contribution in [-0.4, -0.2) is 23.2 Å². The van der Waals surface area contributed by atoms with Crippen LogP contribution in [0.15, 0.2) is 82.6 Å². The van der Waals surface area contributed by atoms with Gasteiger partial charge in [0.15, 0.2) is 0 Å². The standard InChI is InChI=1S/C26H29ClNO4PS/c27-25-17-24(12-11-21(25)8-5-13-26(28)14-15-33(29,30)32-19-26)34-23-10-4-9-22(16-23)31-18-20-6-2-1-3-7-20/h1-4,6-7,9-12,16-17H,5,8,13-15,18-19,28H2,(H,29,30). The molecule has 1 aliphatic heterocycles. The van der Waals surface area contributed by atoms with Gasteiger partial charge in [-0.2, -0.15) is 0 Å². The fraction of sp³-hybridized carbons (Fsp3) is 0.308. The number of hydrogen-bond acceptors (Lipinski definition) is 5. The minimum atomic E-state index is -3.43. The summed E-state index contributed by atoms with van der Waals surface area (Å²) in [6.07, 6.45) is 2.97. The van der Waals surface area contributed by atoms with Crippen LogP contribution in [0.1, 0.15) is 30.4 Å². The maximum Gasteiger partial charge on any atom is 0.328 e. The third kappa shape index (κ3) is 7.35. The molecule has 3 N–H and O–H groups in total. The molecule has 1 aliphatic rings. The van der Waals surface area contributed by atoms with E-state index in [9.17, 15) is 9.46 Å². The van der Waals surface area contributed by atoms with Crippen LogP contribution in [0.25, 0.3) is 0 Å². The zero-order chi connectivity index (χ0) is 24.0. The van der Waals surface area contributed by atoms with Crippen LogP contribution >= 0.6 is 31.0 Å². The van der Waals surface area contributed by atoms with Gasteiger partial charge in [0.05, 0.1) is 12.8 Å². The first kappa shape index (κ1) is 25.3. The van der Waals surface area contributed by atoms with Gasteiger partial charge in [0.2, 0.25) is 0 Å². The second-order valence-corrected chi connectivity index (χ2v) is 12.2. The molecule has 0 aliphatic carbocycles. The Hall–Kier alpha value is -1.79. The minimum Gasteiger partial charge on any atom is -0.489 e. The lowest BCUT2D eigenvalue weighted by Gasteiger charge is -2.35. The van der Waals surface area contributed by atoms with Crippen LogP contribution in [0.3, 0.4) is 0 Å². The van der Waals surface area contributed by atoms with Gasteiger partial charge in [0.1, 0.15) is 12.4 Å². The summed E-state index contributed by atoms with van der Waals surface area (Å²) < 4.78 is 22.6. The van der Waals surface area contributed by atoms with Crippen LogP contribution in [0.4, 0.5) is 0 Å². The zero-order valence-electron chi connectivity index (χ0n) is 18.9. The first-order chi connectivity index (χ1) is 16.3. The summed E-state index contributed by atoms with van der Waals surface area (Å²) in [4.78, 5) is 11.7. The fourth-order valence-electron chi connectivity index (χ4n) is 3.86. The Kier molecular flexibility index (Phi) is 8.41. The van der Waals surface area contributed by atoms with Crippen molar-refractivity contribution in [2.24, 2.45) is 5.73 Å². The number of hydrogen-bond donors (Lipinski definition) is 2. The molecule has 180 valence electrons. The predicted octanol–water partition coefficient (Wildman–Crippen LogP) is 6.70. The Bertz CT molecular complexity index is 1150. The number of aryl methyl sites for hydroxylation is 1. The lowest BCUT2D eigenvalue weighted by atomic mass is 9.90. The van der Waals surface area contributed by atoms with Gasteiger partial charge in [-0.25, -0.2) is 0 Å². The van der Waals surface area contributed by atoms with Crippen molar-refractivity contribution in [3.05, 3.63) is 88.9 Å². The highest BCUT2D eigenvalue weighted by atomic mass is 35.5. The van der Waals surface area contributed by atoms with Gasteiger partial charge in [-0.15, -0.1) is 0 Å². The molecule has 0 spiro atoms. The van der Waals surface area contributed by atoms with Gasteiger partial charge in [-0.1, -0.05) is 65.8 Å². The lowest BCUT2D eigenvalue weighted by molar-refractivity contribution is 0.153. The van der Waals surface area contributed by atoms with Gasteiger partial charge >= 0.3 is 7.60 Å². The molecule has 4 rings (SSSR count). The number of ether oxygens (including phenoxy) is 1. The summed E-state index contributed by atoms with van der Waals surface area (Å²) in [5, 5.41) is 0.729. The summed E-state index contributed by atoms with van der Waals surface area (Å²) in [6, 6.07) is 24.3. The SMILES string of the molecule is NC1(CCCc2ccc(Sc3cccc(OCc4ccccc4)c3)cc2Cl)CCP(=O)(O)OC1. The Morgan fingerprint density at radius 2 is 1.88 bits per heavy atom. The van der Waals surface area contributed by atoms with Crippen molar-refractivity contribution in [1.29, 1.82) is 0 Å². The van der Waals surface area contributed by atoms with Crippen molar-refractivity contribution in [2.45, 2.75) is 47.6 Å². The minimum absolute atomic E-state index is 0.120. The second kappa shape index (κ2) is 11.3. The molecule has 0 amide bonds. The third-order valence-electron chi connectivity index (χ3n) is 5.88. The van der Waals surface area contributed by atoms with Crippen molar-refractivity contribution in [2.75, 3.05) is 12.8 Å². The average Bonchev–Trinajstić information content (AvgIpc) is 2.82. The van der Waals surface area contributed by atoms with E-state index < -0.39 is 13.1 Å². The highest BCUT2D eigenvalue weighted by molar-refractivity contribution is 7.99. The van der Waals surface area contributed by atoms with E-state index >= 15 is 0 Å². The molecule has 0 saturated carbocycles. The molecular weight excluding hydrogens is 489 g/mol. The molecule has 0 radical (unpaired) electrons. The normalized spacial score (nSPS) is 22.4. The van der Waals surface area contributed by atoms with E-state index in [-0.39, 0.29) is 12.8 Å². The van der Waals surface area contributed by atoms with E-state index in [1.54, 1.807) is 11.8 Å². The molecule has 3 aromatic rings. The second-order valence-electron chi connectivity index (χ2n) is 8.70. The summed E-state index contributed by atoms with van der Waals surface area (Å²) >= 11 is 8.22. The predicted molar refractivity (Wildman–Crippen MR) is 138 cm³/mol. The highest BCUT2D eigenvalue weighted by Gasteiger charge is 2.37. The highest BCUT2D eigenvalue weighted by Crippen LogP contribution is 2.48. The number of benzene rings is 3. The van der Waals surface area contributed by atoms with Gasteiger partial charge < -0.3 is 19.9 Å². The quantitative estimate of drug-likeness (QED) is 0.307. The van der Waals surface area contributed by atoms with E-state index in [0.717, 1.165) is 51.0 Å². The Labute approximate surface area is 210 Å². The molecule has 5 nitrogen and oxygen atoms in total. The molecule has 0 bridgehead atoms. The van der Waals surface area contributed by atoms with Crippen LogP contribution in [0.5, 0.6) is 5.75 Å². The van der Waals surface area contributed by atoms with Gasteiger partial charge in [0, 0.05) is 20.4 Å². The van der Waals surface area contributed by atoms with Crippen molar-refractivity contribution >= 4 is 31.0 Å². The van der Waals surface area contributed by atoms with Crippen LogP contribution < -0.4 is 10.5 Å². The van der Waals surface area contributed by atoms with Crippen LogP contribution in [0.2, 0.25) is 5.02 Å². The van der Waals surface area contributed by atoms with E-state index in [4.69, 9.17) is 26.6 Å². The molecule has 1 saturated heterocycles. The molecule has 2 unspecified atom stereocenters.